The number of benzene rings is 1. The van der Waals surface area contributed by atoms with Gasteiger partial charge in [-0.25, -0.2) is 0 Å². The van der Waals surface area contributed by atoms with E-state index in [0.717, 1.165) is 25.1 Å². The molecule has 1 unspecified atom stereocenters. The van der Waals surface area contributed by atoms with E-state index in [1.807, 2.05) is 0 Å². The van der Waals surface area contributed by atoms with Gasteiger partial charge >= 0.3 is 0 Å². The van der Waals surface area contributed by atoms with Gasteiger partial charge in [-0.15, -0.1) is 0 Å². The Morgan fingerprint density at radius 1 is 1.21 bits per heavy atom. The number of likely N-dealkylation sites (tertiary alicyclic amines) is 1. The Labute approximate surface area is 149 Å². The smallest absolute Gasteiger partial charge is 0.192 e. The molecular formula is C20H35NO2Si. The van der Waals surface area contributed by atoms with E-state index in [0.29, 0.717) is 12.6 Å². The van der Waals surface area contributed by atoms with Crippen molar-refractivity contribution in [2.45, 2.75) is 71.4 Å². The molecule has 1 fully saturated rings. The first kappa shape index (κ1) is 19.6. The van der Waals surface area contributed by atoms with Crippen LogP contribution < -0.4 is 0 Å². The van der Waals surface area contributed by atoms with Gasteiger partial charge in [-0.05, 0) is 44.0 Å². The summed E-state index contributed by atoms with van der Waals surface area (Å²) in [4.78, 5) is 2.35. The Morgan fingerprint density at radius 2 is 1.79 bits per heavy atom. The average molecular weight is 350 g/mol. The fraction of sp³-hybridized carbons (Fsp3) is 0.700. The average Bonchev–Trinajstić information content (AvgIpc) is 2.82. The van der Waals surface area contributed by atoms with E-state index < -0.39 is 14.4 Å². The third-order valence-electron chi connectivity index (χ3n) is 5.56. The van der Waals surface area contributed by atoms with Gasteiger partial charge in [0.1, 0.15) is 0 Å². The first-order valence-corrected chi connectivity index (χ1v) is 12.1. The molecule has 1 heterocycles. The van der Waals surface area contributed by atoms with Crippen LogP contribution in [0.1, 0.15) is 50.0 Å². The van der Waals surface area contributed by atoms with Crippen molar-refractivity contribution in [2.24, 2.45) is 0 Å². The van der Waals surface area contributed by atoms with E-state index in [1.165, 1.54) is 11.1 Å². The summed E-state index contributed by atoms with van der Waals surface area (Å²) in [5, 5.41) is 10.9. The summed E-state index contributed by atoms with van der Waals surface area (Å²) >= 11 is 0. The van der Waals surface area contributed by atoms with Gasteiger partial charge in [-0.3, -0.25) is 4.90 Å². The number of β-amino-alcohol motifs (C(OH)–C–C–N with tert-alkyl or cyclic N) is 1. The minimum absolute atomic E-state index is 0.249. The van der Waals surface area contributed by atoms with Gasteiger partial charge in [-0.2, -0.15) is 0 Å². The maximum absolute atomic E-state index is 10.6. The number of nitrogens with zero attached hydrogens (tertiary/aromatic N) is 1. The van der Waals surface area contributed by atoms with Crippen LogP contribution in [-0.2, 0) is 4.43 Å². The van der Waals surface area contributed by atoms with E-state index >= 15 is 0 Å². The highest BCUT2D eigenvalue weighted by atomic mass is 28.4. The van der Waals surface area contributed by atoms with E-state index in [-0.39, 0.29) is 5.04 Å². The number of aliphatic hydroxyl groups is 1. The minimum atomic E-state index is -1.71. The van der Waals surface area contributed by atoms with Crippen molar-refractivity contribution in [3.8, 4) is 0 Å². The lowest BCUT2D eigenvalue weighted by Crippen LogP contribution is -2.44. The lowest BCUT2D eigenvalue weighted by atomic mass is 10.0. The molecule has 2 atom stereocenters. The van der Waals surface area contributed by atoms with Crippen molar-refractivity contribution in [1.29, 1.82) is 0 Å². The van der Waals surface area contributed by atoms with Crippen LogP contribution in [0.4, 0.5) is 0 Å². The van der Waals surface area contributed by atoms with E-state index in [4.69, 9.17) is 4.43 Å². The molecule has 1 aliphatic heterocycles. The predicted molar refractivity (Wildman–Crippen MR) is 104 cm³/mol. The first-order valence-electron chi connectivity index (χ1n) is 9.14. The fourth-order valence-electron chi connectivity index (χ4n) is 3.20. The number of hydrogen-bond donors (Lipinski definition) is 1. The van der Waals surface area contributed by atoms with Crippen LogP contribution in [0.3, 0.4) is 0 Å². The van der Waals surface area contributed by atoms with Gasteiger partial charge in [0.2, 0.25) is 0 Å². The molecule has 1 aromatic carbocycles. The van der Waals surface area contributed by atoms with E-state index in [1.54, 1.807) is 0 Å². The summed E-state index contributed by atoms with van der Waals surface area (Å²) in [7, 11) is -1.71. The van der Waals surface area contributed by atoms with Gasteiger partial charge in [0.15, 0.2) is 8.32 Å². The van der Waals surface area contributed by atoms with Crippen LogP contribution in [0.5, 0.6) is 0 Å². The molecule has 0 radical (unpaired) electrons. The molecule has 1 N–H and O–H groups in total. The molecular weight excluding hydrogens is 314 g/mol. The highest BCUT2D eigenvalue weighted by Gasteiger charge is 2.40. The third-order valence-corrected chi connectivity index (χ3v) is 10.1. The zero-order chi connectivity index (χ0) is 18.1. The van der Waals surface area contributed by atoms with Crippen molar-refractivity contribution in [1.82, 2.24) is 4.90 Å². The second kappa shape index (κ2) is 7.28. The lowest BCUT2D eigenvalue weighted by molar-refractivity contribution is 0.115. The molecule has 1 aliphatic rings. The maximum Gasteiger partial charge on any atom is 0.192 e. The SMILES string of the molecule is Cc1cc(C)cc([C@H](O)CN2CCC(O[Si](C)(C)C(C)(C)C)C2)c1. The molecule has 0 bridgehead atoms. The molecule has 24 heavy (non-hydrogen) atoms. The zero-order valence-electron chi connectivity index (χ0n) is 16.5. The molecule has 0 spiro atoms. The van der Waals surface area contributed by atoms with Crippen LogP contribution in [0.25, 0.3) is 0 Å². The van der Waals surface area contributed by atoms with Gasteiger partial charge in [0, 0.05) is 19.6 Å². The molecule has 136 valence electrons. The first-order chi connectivity index (χ1) is 11.0. The highest BCUT2D eigenvalue weighted by molar-refractivity contribution is 6.74. The number of aryl methyl sites for hydroxylation is 2. The topological polar surface area (TPSA) is 32.7 Å². The largest absolute Gasteiger partial charge is 0.413 e. The van der Waals surface area contributed by atoms with E-state index in [2.05, 4.69) is 70.8 Å². The number of aliphatic hydroxyl groups excluding tert-OH is 1. The normalized spacial score (nSPS) is 21.2. The molecule has 4 heteroatoms. The second-order valence-corrected chi connectivity index (χ2v) is 13.7. The maximum atomic E-state index is 10.6. The Balaban J connectivity index is 1.92. The van der Waals surface area contributed by atoms with Crippen LogP contribution in [0.2, 0.25) is 18.1 Å². The Bertz CT molecular complexity index is 545. The van der Waals surface area contributed by atoms with Gasteiger partial charge < -0.3 is 9.53 Å². The van der Waals surface area contributed by atoms with Gasteiger partial charge in [-0.1, -0.05) is 50.1 Å². The summed E-state index contributed by atoms with van der Waals surface area (Å²) in [5.41, 5.74) is 3.45. The summed E-state index contributed by atoms with van der Waals surface area (Å²) in [6.07, 6.45) is 0.971. The van der Waals surface area contributed by atoms with Crippen molar-refractivity contribution in [3.05, 3.63) is 34.9 Å². The quantitative estimate of drug-likeness (QED) is 0.798. The van der Waals surface area contributed by atoms with Gasteiger partial charge in [0.05, 0.1) is 12.2 Å². The van der Waals surface area contributed by atoms with Gasteiger partial charge in [0.25, 0.3) is 0 Å². The van der Waals surface area contributed by atoms with E-state index in [9.17, 15) is 5.11 Å². The number of hydrogen-bond acceptors (Lipinski definition) is 3. The molecule has 2 rings (SSSR count). The fourth-order valence-corrected chi connectivity index (χ4v) is 4.58. The molecule has 1 saturated heterocycles. The predicted octanol–water partition coefficient (Wildman–Crippen LogP) is 4.43. The Morgan fingerprint density at radius 3 is 2.33 bits per heavy atom. The standard InChI is InChI=1S/C20H35NO2Si/c1-15-10-16(2)12-17(11-15)19(22)14-21-9-8-18(13-21)23-24(6,7)20(3,4)5/h10-12,18-19,22H,8-9,13-14H2,1-7H3/t18?,19-/m1/s1. The van der Waals surface area contributed by atoms with Crippen LogP contribution in [-0.4, -0.2) is 44.1 Å². The molecule has 0 aromatic heterocycles. The summed E-state index contributed by atoms with van der Waals surface area (Å²) < 4.78 is 6.53. The van der Waals surface area contributed by atoms with Crippen LogP contribution in [0.15, 0.2) is 18.2 Å². The minimum Gasteiger partial charge on any atom is -0.413 e. The summed E-state index contributed by atoms with van der Waals surface area (Å²) in [5.74, 6) is 0. The molecule has 1 aromatic rings. The molecule has 0 amide bonds. The van der Waals surface area contributed by atoms with Crippen molar-refractivity contribution in [3.63, 3.8) is 0 Å². The highest BCUT2D eigenvalue weighted by Crippen LogP contribution is 2.38. The van der Waals surface area contributed by atoms with Crippen LogP contribution >= 0.6 is 0 Å². The molecule has 3 nitrogen and oxygen atoms in total. The van der Waals surface area contributed by atoms with Crippen LogP contribution in [0, 0.1) is 13.8 Å². The van der Waals surface area contributed by atoms with Crippen molar-refractivity contribution >= 4 is 8.32 Å². The molecule has 0 saturated carbocycles. The zero-order valence-corrected chi connectivity index (χ0v) is 17.5. The molecule has 0 aliphatic carbocycles. The summed E-state index contributed by atoms with van der Waals surface area (Å²) in [6.45, 7) is 18.3. The van der Waals surface area contributed by atoms with Crippen molar-refractivity contribution < 1.29 is 9.53 Å². The second-order valence-electron chi connectivity index (χ2n) is 8.99. The third kappa shape index (κ3) is 4.91. The van der Waals surface area contributed by atoms with Crippen molar-refractivity contribution in [2.75, 3.05) is 19.6 Å². The Hall–Kier alpha value is -0.683. The number of rotatable bonds is 5. The monoisotopic (exact) mass is 349 g/mol. The lowest BCUT2D eigenvalue weighted by Gasteiger charge is -2.38. The Kier molecular flexibility index (Phi) is 5.96. The summed E-state index contributed by atoms with van der Waals surface area (Å²) in [6, 6.07) is 6.34.